The number of fused-ring (bicyclic) bond motifs is 1. The maximum atomic E-state index is 10.2. The Bertz CT molecular complexity index is 951. The lowest BCUT2D eigenvalue weighted by Crippen LogP contribution is -2.14. The first kappa shape index (κ1) is 16.8. The van der Waals surface area contributed by atoms with Gasteiger partial charge in [-0.1, -0.05) is 48.6 Å². The molecule has 1 unspecified atom stereocenters. The molecule has 0 aromatic heterocycles. The van der Waals surface area contributed by atoms with Crippen LogP contribution >= 0.6 is 0 Å². The van der Waals surface area contributed by atoms with Crippen LogP contribution in [0.2, 0.25) is 0 Å². The molecule has 1 atom stereocenters. The van der Waals surface area contributed by atoms with Gasteiger partial charge in [0.2, 0.25) is 0 Å². The van der Waals surface area contributed by atoms with Gasteiger partial charge in [-0.3, -0.25) is 0 Å². The third-order valence-corrected chi connectivity index (χ3v) is 5.08. The van der Waals surface area contributed by atoms with E-state index < -0.39 is 6.29 Å². The molecule has 4 N–H and O–H groups in total. The van der Waals surface area contributed by atoms with Gasteiger partial charge < -0.3 is 20.4 Å². The Morgan fingerprint density at radius 1 is 1.12 bits per heavy atom. The summed E-state index contributed by atoms with van der Waals surface area (Å²) in [4.78, 5) is 0. The maximum Gasteiger partial charge on any atom is 0.161 e. The number of aromatic hydroxyl groups is 1. The second-order valence-electron chi connectivity index (χ2n) is 6.64. The lowest BCUT2D eigenvalue weighted by Gasteiger charge is -2.14. The summed E-state index contributed by atoms with van der Waals surface area (Å²) in [5, 5.41) is 38.7. The first-order valence-corrected chi connectivity index (χ1v) is 8.60. The molecule has 0 aliphatic heterocycles. The van der Waals surface area contributed by atoms with Crippen molar-refractivity contribution >= 4 is 17.2 Å². The highest BCUT2D eigenvalue weighted by atomic mass is 16.5. The van der Waals surface area contributed by atoms with Gasteiger partial charge in [0.25, 0.3) is 0 Å². The van der Waals surface area contributed by atoms with Gasteiger partial charge in [-0.25, -0.2) is 0 Å². The van der Waals surface area contributed by atoms with Gasteiger partial charge in [0, 0.05) is 5.56 Å². The Hall–Kier alpha value is -2.66. The number of rotatable bonds is 4. The molecule has 2 aliphatic carbocycles. The fourth-order valence-corrected chi connectivity index (χ4v) is 3.75. The molecule has 4 nitrogen and oxygen atoms in total. The monoisotopic (exact) mass is 348 g/mol. The highest BCUT2D eigenvalue weighted by Gasteiger charge is 2.24. The van der Waals surface area contributed by atoms with Crippen molar-refractivity contribution in [3.05, 3.63) is 82.4 Å². The standard InChI is InChI=1S/C22H20O4/c23-12-17-2-1-3-20(24)21(17)16-5-4-13(11-16)14-6-8-18-15(10-14)7-9-19(18)22(25)26/h1-3,5-11,19,22-26H,4,12H2. The van der Waals surface area contributed by atoms with Crippen molar-refractivity contribution in [2.75, 3.05) is 0 Å². The molecule has 0 amide bonds. The number of hydrogen-bond acceptors (Lipinski definition) is 4. The van der Waals surface area contributed by atoms with E-state index in [1.165, 1.54) is 0 Å². The SMILES string of the molecule is OCc1cccc(O)c1C1=CCC(c2ccc3c(c2)C=CC3C(O)O)=C1. The zero-order valence-corrected chi connectivity index (χ0v) is 14.1. The van der Waals surface area contributed by atoms with Crippen molar-refractivity contribution < 1.29 is 20.4 Å². The van der Waals surface area contributed by atoms with Crippen LogP contribution in [0.4, 0.5) is 0 Å². The van der Waals surface area contributed by atoms with Crippen LogP contribution in [0, 0.1) is 0 Å². The molecule has 0 saturated carbocycles. The lowest BCUT2D eigenvalue weighted by molar-refractivity contribution is -0.0490. The fraction of sp³-hybridized carbons (Fsp3) is 0.182. The van der Waals surface area contributed by atoms with E-state index in [9.17, 15) is 20.4 Å². The van der Waals surface area contributed by atoms with E-state index in [-0.39, 0.29) is 18.3 Å². The third-order valence-electron chi connectivity index (χ3n) is 5.08. The van der Waals surface area contributed by atoms with Crippen molar-refractivity contribution in [2.45, 2.75) is 25.2 Å². The topological polar surface area (TPSA) is 80.9 Å². The minimum Gasteiger partial charge on any atom is -0.507 e. The first-order chi connectivity index (χ1) is 12.6. The van der Waals surface area contributed by atoms with Crippen LogP contribution in [-0.4, -0.2) is 26.7 Å². The van der Waals surface area contributed by atoms with Crippen LogP contribution in [0.25, 0.3) is 17.2 Å². The molecule has 2 aromatic rings. The minimum atomic E-state index is -1.39. The third kappa shape index (κ3) is 2.78. The zero-order chi connectivity index (χ0) is 18.3. The first-order valence-electron chi connectivity index (χ1n) is 8.60. The van der Waals surface area contributed by atoms with Crippen molar-refractivity contribution in [2.24, 2.45) is 0 Å². The van der Waals surface area contributed by atoms with Crippen LogP contribution in [0.5, 0.6) is 5.75 Å². The van der Waals surface area contributed by atoms with Crippen molar-refractivity contribution in [3.63, 3.8) is 0 Å². The fourth-order valence-electron chi connectivity index (χ4n) is 3.75. The molecule has 4 heteroatoms. The predicted molar refractivity (Wildman–Crippen MR) is 101 cm³/mol. The maximum absolute atomic E-state index is 10.2. The highest BCUT2D eigenvalue weighted by Crippen LogP contribution is 2.39. The zero-order valence-electron chi connectivity index (χ0n) is 14.1. The molecule has 4 rings (SSSR count). The summed E-state index contributed by atoms with van der Waals surface area (Å²) in [6.07, 6.45) is 7.15. The number of allylic oxidation sites excluding steroid dienone is 4. The molecule has 0 saturated heterocycles. The summed E-state index contributed by atoms with van der Waals surface area (Å²) >= 11 is 0. The summed E-state index contributed by atoms with van der Waals surface area (Å²) in [6.45, 7) is -0.126. The van der Waals surface area contributed by atoms with Crippen molar-refractivity contribution in [3.8, 4) is 5.75 Å². The average Bonchev–Trinajstić information content (AvgIpc) is 3.27. The summed E-state index contributed by atoms with van der Waals surface area (Å²) in [6, 6.07) is 11.1. The summed E-state index contributed by atoms with van der Waals surface area (Å²) in [5.41, 5.74) is 6.37. The Morgan fingerprint density at radius 2 is 1.96 bits per heavy atom. The number of hydrogen-bond donors (Lipinski definition) is 4. The highest BCUT2D eigenvalue weighted by molar-refractivity contribution is 5.92. The molecule has 0 spiro atoms. The number of aliphatic hydroxyl groups excluding tert-OH is 2. The van der Waals surface area contributed by atoms with E-state index in [0.29, 0.717) is 11.1 Å². The molecule has 0 fully saturated rings. The van der Waals surface area contributed by atoms with Crippen LogP contribution < -0.4 is 0 Å². The molecule has 2 aliphatic rings. The van der Waals surface area contributed by atoms with Crippen molar-refractivity contribution in [1.29, 1.82) is 0 Å². The number of aliphatic hydroxyl groups is 3. The van der Waals surface area contributed by atoms with E-state index in [0.717, 1.165) is 34.3 Å². The van der Waals surface area contributed by atoms with Gasteiger partial charge in [-0.05, 0) is 52.0 Å². The Labute approximate surface area is 151 Å². The largest absolute Gasteiger partial charge is 0.507 e. The van der Waals surface area contributed by atoms with Crippen LogP contribution in [0.3, 0.4) is 0 Å². The lowest BCUT2D eigenvalue weighted by atomic mass is 9.95. The molecule has 0 radical (unpaired) electrons. The quantitative estimate of drug-likeness (QED) is 0.640. The van der Waals surface area contributed by atoms with Crippen LogP contribution in [-0.2, 0) is 6.61 Å². The molecular formula is C22H20O4. The average molecular weight is 348 g/mol. The van der Waals surface area contributed by atoms with Gasteiger partial charge in [-0.15, -0.1) is 0 Å². The number of benzene rings is 2. The van der Waals surface area contributed by atoms with Gasteiger partial charge in [0.1, 0.15) is 5.75 Å². The molecule has 132 valence electrons. The number of phenols is 1. The van der Waals surface area contributed by atoms with Gasteiger partial charge in [-0.2, -0.15) is 0 Å². The summed E-state index contributed by atoms with van der Waals surface area (Å²) < 4.78 is 0. The smallest absolute Gasteiger partial charge is 0.161 e. The predicted octanol–water partition coefficient (Wildman–Crippen LogP) is 3.18. The second kappa shape index (κ2) is 6.57. The van der Waals surface area contributed by atoms with E-state index in [4.69, 9.17) is 0 Å². The molecule has 0 heterocycles. The Balaban J connectivity index is 1.66. The molecule has 2 aromatic carbocycles. The Morgan fingerprint density at radius 3 is 2.73 bits per heavy atom. The van der Waals surface area contributed by atoms with E-state index in [1.54, 1.807) is 18.2 Å². The number of phenolic OH excluding ortho intramolecular Hbond substituents is 1. The second-order valence-corrected chi connectivity index (χ2v) is 6.64. The summed E-state index contributed by atoms with van der Waals surface area (Å²) in [5.74, 6) is -0.212. The van der Waals surface area contributed by atoms with Gasteiger partial charge in [0.15, 0.2) is 6.29 Å². The van der Waals surface area contributed by atoms with E-state index in [1.807, 2.05) is 36.4 Å². The Kier molecular flexibility index (Phi) is 4.24. The van der Waals surface area contributed by atoms with Crippen molar-refractivity contribution in [1.82, 2.24) is 0 Å². The van der Waals surface area contributed by atoms with E-state index in [2.05, 4.69) is 6.07 Å². The summed E-state index contributed by atoms with van der Waals surface area (Å²) in [7, 11) is 0. The van der Waals surface area contributed by atoms with Gasteiger partial charge in [0.05, 0.1) is 12.5 Å². The van der Waals surface area contributed by atoms with Crippen LogP contribution in [0.15, 0.2) is 54.6 Å². The van der Waals surface area contributed by atoms with Crippen LogP contribution in [0.1, 0.15) is 40.2 Å². The normalized spacial score (nSPS) is 18.2. The minimum absolute atomic E-state index is 0.126. The van der Waals surface area contributed by atoms with Gasteiger partial charge >= 0.3 is 0 Å². The molecule has 0 bridgehead atoms. The molecular weight excluding hydrogens is 328 g/mol. The van der Waals surface area contributed by atoms with E-state index >= 15 is 0 Å². The molecule has 26 heavy (non-hydrogen) atoms.